The van der Waals surface area contributed by atoms with Gasteiger partial charge in [0.15, 0.2) is 0 Å². The Morgan fingerprint density at radius 1 is 1.21 bits per heavy atom. The monoisotopic (exact) mass is 461 g/mol. The Morgan fingerprint density at radius 3 is 2.79 bits per heavy atom. The third-order valence-electron chi connectivity index (χ3n) is 4.40. The SMILES string of the molecule is O=C(Nc1cc(Br)ccc1N1CCOCC1)c1csc(-c2ccccc2F)n1. The quantitative estimate of drug-likeness (QED) is 0.606. The Bertz CT molecular complexity index is 1000. The standard InChI is InChI=1S/C20H17BrFN3O2S/c21-13-5-6-18(25-7-9-27-10-8-25)16(11-13)23-19(26)17-12-28-20(24-17)14-3-1-2-4-15(14)22/h1-6,11-12H,7-10H2,(H,23,26). The number of ether oxygens (including phenoxy) is 1. The second-order valence-corrected chi connectivity index (χ2v) is 8.01. The van der Waals surface area contributed by atoms with Crippen LogP contribution in [0.1, 0.15) is 10.5 Å². The second kappa shape index (κ2) is 8.38. The molecule has 8 heteroatoms. The molecule has 0 atom stereocenters. The number of halogens is 2. The summed E-state index contributed by atoms with van der Waals surface area (Å²) < 4.78 is 20.3. The number of thiazole rings is 1. The van der Waals surface area contributed by atoms with Crippen molar-refractivity contribution in [3.63, 3.8) is 0 Å². The summed E-state index contributed by atoms with van der Waals surface area (Å²) in [5.41, 5.74) is 2.28. The van der Waals surface area contributed by atoms with Crippen molar-refractivity contribution >= 4 is 44.5 Å². The number of amides is 1. The predicted molar refractivity (Wildman–Crippen MR) is 113 cm³/mol. The van der Waals surface area contributed by atoms with E-state index in [0.717, 1.165) is 23.2 Å². The lowest BCUT2D eigenvalue weighted by atomic mass is 10.2. The topological polar surface area (TPSA) is 54.5 Å². The van der Waals surface area contributed by atoms with Gasteiger partial charge in [-0.2, -0.15) is 0 Å². The molecule has 1 aliphatic rings. The average molecular weight is 462 g/mol. The van der Waals surface area contributed by atoms with Crippen LogP contribution in [0.15, 0.2) is 52.3 Å². The summed E-state index contributed by atoms with van der Waals surface area (Å²) in [4.78, 5) is 19.3. The largest absolute Gasteiger partial charge is 0.378 e. The highest BCUT2D eigenvalue weighted by atomic mass is 79.9. The molecule has 1 amide bonds. The van der Waals surface area contributed by atoms with Crippen LogP contribution in [-0.2, 0) is 4.74 Å². The fourth-order valence-electron chi connectivity index (χ4n) is 3.01. The highest BCUT2D eigenvalue weighted by Gasteiger charge is 2.19. The molecule has 5 nitrogen and oxygen atoms in total. The Labute approximate surface area is 174 Å². The van der Waals surface area contributed by atoms with Gasteiger partial charge < -0.3 is 15.0 Å². The third kappa shape index (κ3) is 4.09. The van der Waals surface area contributed by atoms with Gasteiger partial charge in [-0.1, -0.05) is 28.1 Å². The zero-order chi connectivity index (χ0) is 19.5. The van der Waals surface area contributed by atoms with Crippen LogP contribution in [-0.4, -0.2) is 37.2 Å². The first-order chi connectivity index (χ1) is 13.6. The molecule has 0 unspecified atom stereocenters. The molecule has 1 N–H and O–H groups in total. The normalized spacial score (nSPS) is 14.1. The van der Waals surface area contributed by atoms with Gasteiger partial charge >= 0.3 is 0 Å². The van der Waals surface area contributed by atoms with Crippen molar-refractivity contribution in [1.29, 1.82) is 0 Å². The predicted octanol–water partition coefficient (Wildman–Crippen LogP) is 4.80. The molecule has 2 aromatic carbocycles. The highest BCUT2D eigenvalue weighted by molar-refractivity contribution is 9.10. The van der Waals surface area contributed by atoms with E-state index in [1.165, 1.54) is 17.4 Å². The maximum absolute atomic E-state index is 14.0. The summed E-state index contributed by atoms with van der Waals surface area (Å²) in [5, 5.41) is 5.06. The number of nitrogens with zero attached hydrogens (tertiary/aromatic N) is 2. The number of hydrogen-bond acceptors (Lipinski definition) is 5. The molecule has 4 rings (SSSR count). The van der Waals surface area contributed by atoms with Crippen LogP contribution in [0, 0.1) is 5.82 Å². The van der Waals surface area contributed by atoms with Gasteiger partial charge in [-0.25, -0.2) is 9.37 Å². The van der Waals surface area contributed by atoms with Gasteiger partial charge in [0, 0.05) is 28.5 Å². The maximum Gasteiger partial charge on any atom is 0.275 e. The molecule has 0 bridgehead atoms. The zero-order valence-electron chi connectivity index (χ0n) is 14.8. The number of rotatable bonds is 4. The molecule has 1 aliphatic heterocycles. The van der Waals surface area contributed by atoms with Crippen molar-refractivity contribution in [3.8, 4) is 10.6 Å². The first-order valence-corrected chi connectivity index (χ1v) is 10.4. The van der Waals surface area contributed by atoms with Gasteiger partial charge in [0.25, 0.3) is 5.91 Å². The molecule has 144 valence electrons. The number of aromatic nitrogens is 1. The average Bonchev–Trinajstić information content (AvgIpc) is 3.19. The van der Waals surface area contributed by atoms with Crippen molar-refractivity contribution in [1.82, 2.24) is 4.98 Å². The number of carbonyl (C=O) groups is 1. The van der Waals surface area contributed by atoms with E-state index < -0.39 is 0 Å². The van der Waals surface area contributed by atoms with Crippen LogP contribution in [0.5, 0.6) is 0 Å². The van der Waals surface area contributed by atoms with Crippen molar-refractivity contribution in [2.24, 2.45) is 0 Å². The Balaban J connectivity index is 1.57. The van der Waals surface area contributed by atoms with Gasteiger partial charge in [-0.3, -0.25) is 4.79 Å². The lowest BCUT2D eigenvalue weighted by Crippen LogP contribution is -2.36. The molecule has 0 radical (unpaired) electrons. The first-order valence-electron chi connectivity index (χ1n) is 8.76. The molecule has 2 heterocycles. The van der Waals surface area contributed by atoms with Gasteiger partial charge in [0.05, 0.1) is 24.6 Å². The van der Waals surface area contributed by atoms with Crippen molar-refractivity contribution in [2.75, 3.05) is 36.5 Å². The number of benzene rings is 2. The molecular weight excluding hydrogens is 445 g/mol. The Hall–Kier alpha value is -2.29. The van der Waals surface area contributed by atoms with Crippen LogP contribution in [0.2, 0.25) is 0 Å². The minimum atomic E-state index is -0.356. The molecule has 1 fully saturated rings. The minimum absolute atomic E-state index is 0.260. The van der Waals surface area contributed by atoms with Crippen LogP contribution in [0.4, 0.5) is 15.8 Å². The minimum Gasteiger partial charge on any atom is -0.378 e. The molecule has 3 aromatic rings. The summed E-state index contributed by atoms with van der Waals surface area (Å²) in [7, 11) is 0. The number of nitrogens with one attached hydrogen (secondary N) is 1. The van der Waals surface area contributed by atoms with E-state index in [1.807, 2.05) is 18.2 Å². The van der Waals surface area contributed by atoms with E-state index in [9.17, 15) is 9.18 Å². The molecular formula is C20H17BrFN3O2S. The van der Waals surface area contributed by atoms with Crippen LogP contribution >= 0.6 is 27.3 Å². The number of carbonyl (C=O) groups excluding carboxylic acids is 1. The first kappa shape index (κ1) is 19.0. The van der Waals surface area contributed by atoms with E-state index in [2.05, 4.69) is 31.1 Å². The van der Waals surface area contributed by atoms with E-state index in [-0.39, 0.29) is 17.4 Å². The molecule has 1 aromatic heterocycles. The third-order valence-corrected chi connectivity index (χ3v) is 5.77. The molecule has 0 saturated carbocycles. The summed E-state index contributed by atoms with van der Waals surface area (Å²) in [6, 6.07) is 12.2. The van der Waals surface area contributed by atoms with Crippen LogP contribution in [0.3, 0.4) is 0 Å². The molecule has 1 saturated heterocycles. The van der Waals surface area contributed by atoms with Gasteiger partial charge in [-0.15, -0.1) is 11.3 Å². The Morgan fingerprint density at radius 2 is 2.00 bits per heavy atom. The Kier molecular flexibility index (Phi) is 5.70. The van der Waals surface area contributed by atoms with Crippen molar-refractivity contribution in [3.05, 3.63) is 63.8 Å². The molecule has 0 aliphatic carbocycles. The zero-order valence-corrected chi connectivity index (χ0v) is 17.2. The number of hydrogen-bond donors (Lipinski definition) is 1. The lowest BCUT2D eigenvalue weighted by Gasteiger charge is -2.30. The summed E-state index contributed by atoms with van der Waals surface area (Å²) in [5.74, 6) is -0.683. The van der Waals surface area contributed by atoms with Crippen LogP contribution < -0.4 is 10.2 Å². The van der Waals surface area contributed by atoms with Crippen molar-refractivity contribution < 1.29 is 13.9 Å². The fourth-order valence-corrected chi connectivity index (χ4v) is 4.20. The second-order valence-electron chi connectivity index (χ2n) is 6.23. The van der Waals surface area contributed by atoms with Gasteiger partial charge in [0.1, 0.15) is 16.5 Å². The fraction of sp³-hybridized carbons (Fsp3) is 0.200. The number of morpholine rings is 1. The lowest BCUT2D eigenvalue weighted by molar-refractivity contribution is 0.102. The molecule has 28 heavy (non-hydrogen) atoms. The molecule has 0 spiro atoms. The summed E-state index contributed by atoms with van der Waals surface area (Å²) in [6.07, 6.45) is 0. The summed E-state index contributed by atoms with van der Waals surface area (Å²) >= 11 is 4.70. The van der Waals surface area contributed by atoms with Gasteiger partial charge in [0.2, 0.25) is 0 Å². The summed E-state index contributed by atoms with van der Waals surface area (Å²) in [6.45, 7) is 2.83. The van der Waals surface area contributed by atoms with E-state index >= 15 is 0 Å². The smallest absolute Gasteiger partial charge is 0.275 e. The maximum atomic E-state index is 14.0. The highest BCUT2D eigenvalue weighted by Crippen LogP contribution is 2.31. The van der Waals surface area contributed by atoms with E-state index in [0.29, 0.717) is 29.5 Å². The van der Waals surface area contributed by atoms with Crippen LogP contribution in [0.25, 0.3) is 10.6 Å². The van der Waals surface area contributed by atoms with Crippen molar-refractivity contribution in [2.45, 2.75) is 0 Å². The number of anilines is 2. The van der Waals surface area contributed by atoms with E-state index in [4.69, 9.17) is 4.74 Å². The van der Waals surface area contributed by atoms with E-state index in [1.54, 1.807) is 23.6 Å². The van der Waals surface area contributed by atoms with Gasteiger partial charge in [-0.05, 0) is 30.3 Å².